The first kappa shape index (κ1) is 21.7. The van der Waals surface area contributed by atoms with Gasteiger partial charge >= 0.3 is 6.18 Å². The first-order valence-electron chi connectivity index (χ1n) is 8.36. The van der Waals surface area contributed by atoms with Crippen LogP contribution in [0.4, 0.5) is 24.5 Å². The Morgan fingerprint density at radius 1 is 1.03 bits per heavy atom. The highest BCUT2D eigenvalue weighted by atomic mass is 35.5. The number of rotatable bonds is 4. The number of nitrogens with one attached hydrogen (secondary N) is 2. The summed E-state index contributed by atoms with van der Waals surface area (Å²) in [5, 5.41) is 8.97. The van der Waals surface area contributed by atoms with Gasteiger partial charge in [0.05, 0.1) is 28.2 Å². The third-order valence-corrected chi connectivity index (χ3v) is 4.47. The minimum absolute atomic E-state index is 0.0280. The molecule has 0 spiro atoms. The Hall–Kier alpha value is -3.04. The van der Waals surface area contributed by atoms with Gasteiger partial charge < -0.3 is 10.6 Å². The molecule has 1 heterocycles. The van der Waals surface area contributed by atoms with Gasteiger partial charge in [-0.25, -0.2) is 4.68 Å². The van der Waals surface area contributed by atoms with Crippen molar-refractivity contribution in [2.45, 2.75) is 13.1 Å². The van der Waals surface area contributed by atoms with Crippen LogP contribution in [0, 0.1) is 0 Å². The number of nitrogens with zero attached hydrogens (tertiary/aromatic N) is 2. The standard InChI is InChI=1S/C19H13Cl2F3N4O2/c1-10(29)26-12-4-7-15(21)16(8-12)27-18(30)14-9-25-28(17(14)19(22,23)24)13-5-2-11(20)3-6-13/h2-9H,1H3,(H,26,29)(H,27,30). The van der Waals surface area contributed by atoms with Crippen LogP contribution in [0.25, 0.3) is 5.69 Å². The number of carbonyl (C=O) groups excluding carboxylic acids is 2. The Bertz CT molecular complexity index is 1110. The minimum atomic E-state index is -4.87. The third kappa shape index (κ3) is 4.74. The average Bonchev–Trinajstić information content (AvgIpc) is 3.10. The van der Waals surface area contributed by atoms with Gasteiger partial charge in [0.2, 0.25) is 5.91 Å². The van der Waals surface area contributed by atoms with E-state index in [4.69, 9.17) is 23.2 Å². The van der Waals surface area contributed by atoms with E-state index in [1.54, 1.807) is 0 Å². The number of amides is 2. The fourth-order valence-electron chi connectivity index (χ4n) is 2.66. The lowest BCUT2D eigenvalue weighted by molar-refractivity contribution is -0.143. The topological polar surface area (TPSA) is 76.0 Å². The van der Waals surface area contributed by atoms with Crippen molar-refractivity contribution < 1.29 is 22.8 Å². The van der Waals surface area contributed by atoms with Gasteiger partial charge in [-0.2, -0.15) is 18.3 Å². The number of alkyl halides is 3. The van der Waals surface area contributed by atoms with Crippen LogP contribution in [0.3, 0.4) is 0 Å². The highest BCUT2D eigenvalue weighted by Gasteiger charge is 2.40. The number of hydrogen-bond acceptors (Lipinski definition) is 3. The second-order valence-electron chi connectivity index (χ2n) is 6.12. The molecule has 2 amide bonds. The number of benzene rings is 2. The molecule has 0 saturated carbocycles. The van der Waals surface area contributed by atoms with Crippen LogP contribution in [-0.2, 0) is 11.0 Å². The maximum atomic E-state index is 13.8. The molecule has 0 aliphatic rings. The quantitative estimate of drug-likeness (QED) is 0.550. The molecule has 1 aromatic heterocycles. The molecule has 0 fully saturated rings. The van der Waals surface area contributed by atoms with Crippen LogP contribution in [0.15, 0.2) is 48.7 Å². The summed E-state index contributed by atoms with van der Waals surface area (Å²) >= 11 is 11.8. The van der Waals surface area contributed by atoms with Crippen molar-refractivity contribution in [3.8, 4) is 5.69 Å². The Morgan fingerprint density at radius 2 is 1.70 bits per heavy atom. The van der Waals surface area contributed by atoms with Crippen molar-refractivity contribution in [1.82, 2.24) is 9.78 Å². The van der Waals surface area contributed by atoms with Crippen LogP contribution in [0.2, 0.25) is 10.0 Å². The summed E-state index contributed by atoms with van der Waals surface area (Å²) in [5.74, 6) is -1.43. The van der Waals surface area contributed by atoms with E-state index in [9.17, 15) is 22.8 Å². The maximum absolute atomic E-state index is 13.8. The zero-order valence-corrected chi connectivity index (χ0v) is 16.7. The van der Waals surface area contributed by atoms with Crippen molar-refractivity contribution in [3.63, 3.8) is 0 Å². The highest BCUT2D eigenvalue weighted by Crippen LogP contribution is 2.35. The molecular formula is C19H13Cl2F3N4O2. The molecule has 2 N–H and O–H groups in total. The number of anilines is 2. The van der Waals surface area contributed by atoms with Crippen LogP contribution < -0.4 is 10.6 Å². The van der Waals surface area contributed by atoms with E-state index in [1.807, 2.05) is 0 Å². The SMILES string of the molecule is CC(=O)Nc1ccc(Cl)c(NC(=O)c2cnn(-c3ccc(Cl)cc3)c2C(F)(F)F)c1. The normalized spacial score (nSPS) is 11.3. The zero-order valence-electron chi connectivity index (χ0n) is 15.2. The third-order valence-electron chi connectivity index (χ3n) is 3.89. The molecule has 0 atom stereocenters. The molecule has 6 nitrogen and oxygen atoms in total. The zero-order chi connectivity index (χ0) is 22.1. The van der Waals surface area contributed by atoms with Gasteiger partial charge in [0.25, 0.3) is 5.91 Å². The molecule has 156 valence electrons. The Morgan fingerprint density at radius 3 is 2.30 bits per heavy atom. The lowest BCUT2D eigenvalue weighted by atomic mass is 10.2. The average molecular weight is 457 g/mol. The van der Waals surface area contributed by atoms with Crippen LogP contribution in [-0.4, -0.2) is 21.6 Å². The van der Waals surface area contributed by atoms with E-state index >= 15 is 0 Å². The maximum Gasteiger partial charge on any atom is 0.434 e. The number of hydrogen-bond donors (Lipinski definition) is 2. The van der Waals surface area contributed by atoms with E-state index in [1.165, 1.54) is 49.4 Å². The summed E-state index contributed by atoms with van der Waals surface area (Å²) in [6.07, 6.45) is -4.05. The molecule has 0 aliphatic heterocycles. The molecule has 0 radical (unpaired) electrons. The van der Waals surface area contributed by atoms with Gasteiger partial charge in [0.1, 0.15) is 0 Å². The lowest BCUT2D eigenvalue weighted by Crippen LogP contribution is -2.21. The molecule has 3 rings (SSSR count). The number of halogens is 5. The summed E-state index contributed by atoms with van der Waals surface area (Å²) in [5.41, 5.74) is -1.53. The smallest absolute Gasteiger partial charge is 0.326 e. The number of aromatic nitrogens is 2. The van der Waals surface area contributed by atoms with Gasteiger partial charge in [0, 0.05) is 17.6 Å². The highest BCUT2D eigenvalue weighted by molar-refractivity contribution is 6.34. The summed E-state index contributed by atoms with van der Waals surface area (Å²) in [6, 6.07) is 9.72. The van der Waals surface area contributed by atoms with Crippen molar-refractivity contribution in [2.75, 3.05) is 10.6 Å². The van der Waals surface area contributed by atoms with Crippen molar-refractivity contribution in [1.29, 1.82) is 0 Å². The number of carbonyl (C=O) groups is 2. The van der Waals surface area contributed by atoms with E-state index in [0.717, 1.165) is 6.20 Å². The Labute approximate surface area is 178 Å². The van der Waals surface area contributed by atoms with Crippen molar-refractivity contribution in [2.24, 2.45) is 0 Å². The molecular weight excluding hydrogens is 444 g/mol. The van der Waals surface area contributed by atoms with Gasteiger partial charge in [-0.1, -0.05) is 23.2 Å². The summed E-state index contributed by atoms with van der Waals surface area (Å²) in [4.78, 5) is 23.8. The van der Waals surface area contributed by atoms with Gasteiger partial charge in [0.15, 0.2) is 5.69 Å². The molecule has 0 bridgehead atoms. The minimum Gasteiger partial charge on any atom is -0.326 e. The fraction of sp³-hybridized carbons (Fsp3) is 0.105. The first-order chi connectivity index (χ1) is 14.1. The van der Waals surface area contributed by atoms with Crippen LogP contribution >= 0.6 is 23.2 Å². The monoisotopic (exact) mass is 456 g/mol. The van der Waals surface area contributed by atoms with Crippen LogP contribution in [0.1, 0.15) is 23.0 Å². The molecule has 0 saturated heterocycles. The Kier molecular flexibility index (Phi) is 6.04. The summed E-state index contributed by atoms with van der Waals surface area (Å²) in [7, 11) is 0. The fourth-order valence-corrected chi connectivity index (χ4v) is 2.95. The van der Waals surface area contributed by atoms with Crippen LogP contribution in [0.5, 0.6) is 0 Å². The van der Waals surface area contributed by atoms with Crippen molar-refractivity contribution in [3.05, 3.63) is 70.0 Å². The van der Waals surface area contributed by atoms with E-state index in [0.29, 0.717) is 15.4 Å². The van der Waals surface area contributed by atoms with Gasteiger partial charge in [-0.15, -0.1) is 0 Å². The molecule has 0 unspecified atom stereocenters. The molecule has 0 aliphatic carbocycles. The van der Waals surface area contributed by atoms with Gasteiger partial charge in [-0.05, 0) is 42.5 Å². The predicted molar refractivity (Wildman–Crippen MR) is 107 cm³/mol. The largest absolute Gasteiger partial charge is 0.434 e. The molecule has 30 heavy (non-hydrogen) atoms. The molecule has 2 aromatic carbocycles. The first-order valence-corrected chi connectivity index (χ1v) is 9.11. The molecule has 11 heteroatoms. The second kappa shape index (κ2) is 8.37. The molecule has 3 aromatic rings. The van der Waals surface area contributed by atoms with Crippen molar-refractivity contribution >= 4 is 46.4 Å². The van der Waals surface area contributed by atoms with E-state index < -0.39 is 23.3 Å². The Balaban J connectivity index is 1.99. The predicted octanol–water partition coefficient (Wildman–Crippen LogP) is 5.41. The van der Waals surface area contributed by atoms with E-state index in [-0.39, 0.29) is 22.3 Å². The second-order valence-corrected chi connectivity index (χ2v) is 6.97. The van der Waals surface area contributed by atoms with Gasteiger partial charge in [-0.3, -0.25) is 9.59 Å². The summed E-state index contributed by atoms with van der Waals surface area (Å²) in [6.45, 7) is 1.29. The lowest BCUT2D eigenvalue weighted by Gasteiger charge is -2.14. The van der Waals surface area contributed by atoms with E-state index in [2.05, 4.69) is 15.7 Å². The summed E-state index contributed by atoms with van der Waals surface area (Å²) < 4.78 is 41.9.